The van der Waals surface area contributed by atoms with E-state index in [2.05, 4.69) is 10.1 Å². The number of hydrogen-bond donors (Lipinski definition) is 2. The Balaban J connectivity index is 0.00000261. The fraction of sp³-hybridized carbons (Fsp3) is 0.556. The van der Waals surface area contributed by atoms with Gasteiger partial charge in [0.25, 0.3) is 0 Å². The molecule has 1 saturated carbocycles. The summed E-state index contributed by atoms with van der Waals surface area (Å²) in [5.74, 6) is -0.750. The number of rotatable bonds is 7. The van der Waals surface area contributed by atoms with Crippen molar-refractivity contribution in [1.82, 2.24) is 10.2 Å². The zero-order chi connectivity index (χ0) is 18.7. The molecule has 1 heterocycles. The highest BCUT2D eigenvalue weighted by Crippen LogP contribution is 2.48. The first-order chi connectivity index (χ1) is 12.4. The number of benzene rings is 1. The van der Waals surface area contributed by atoms with Gasteiger partial charge < -0.3 is 15.2 Å². The molecule has 2 aliphatic rings. The second kappa shape index (κ2) is 8.84. The predicted octanol–water partition coefficient (Wildman–Crippen LogP) is 2.51. The van der Waals surface area contributed by atoms with Crippen LogP contribution in [0.4, 0.5) is 8.78 Å². The van der Waals surface area contributed by atoms with E-state index in [1.807, 2.05) is 4.90 Å². The molecular weight excluding hydrogens is 382 g/mol. The highest BCUT2D eigenvalue weighted by Gasteiger charge is 2.54. The Morgan fingerprint density at radius 3 is 2.63 bits per heavy atom. The summed E-state index contributed by atoms with van der Waals surface area (Å²) >= 11 is 0. The summed E-state index contributed by atoms with van der Waals surface area (Å²) in [6, 6.07) is 6.06. The number of carbonyl (C=O) groups is 2. The number of alkyl halides is 2. The first kappa shape index (κ1) is 21.4. The zero-order valence-electron chi connectivity index (χ0n) is 14.7. The molecule has 0 bridgehead atoms. The maximum absolute atomic E-state index is 12.2. The lowest BCUT2D eigenvalue weighted by molar-refractivity contribution is -0.149. The lowest BCUT2D eigenvalue weighted by atomic mass is 9.81. The Morgan fingerprint density at radius 1 is 1.33 bits per heavy atom. The number of ether oxygens (including phenoxy) is 1. The molecule has 1 aromatic rings. The second-order valence-corrected chi connectivity index (χ2v) is 7.02. The topological polar surface area (TPSA) is 78.9 Å². The molecule has 2 fully saturated rings. The Bertz CT molecular complexity index is 674. The van der Waals surface area contributed by atoms with Crippen LogP contribution in [0.5, 0.6) is 5.75 Å². The fourth-order valence-electron chi connectivity index (χ4n) is 4.11. The molecule has 1 aliphatic heterocycles. The summed E-state index contributed by atoms with van der Waals surface area (Å²) in [7, 11) is 0. The Labute approximate surface area is 162 Å². The standard InChI is InChI=1S/C18H22F2N2O4.ClH/c19-17(20)26-14-5-3-12(4-6-14)8-21-15(23)10-22-9-13-2-1-7-18(13,11-22)16(24)25;/h3-6,13,17H,1-2,7-11H2,(H,21,23)(H,24,25);1H/t13-,18+;/m0./s1. The van der Waals surface area contributed by atoms with Crippen LogP contribution >= 0.6 is 12.4 Å². The van der Waals surface area contributed by atoms with Crippen molar-refractivity contribution < 1.29 is 28.2 Å². The van der Waals surface area contributed by atoms with E-state index < -0.39 is 18.0 Å². The van der Waals surface area contributed by atoms with Crippen LogP contribution in [0, 0.1) is 11.3 Å². The number of likely N-dealkylation sites (tertiary alicyclic amines) is 1. The third kappa shape index (κ3) is 4.87. The molecule has 2 atom stereocenters. The molecule has 0 spiro atoms. The first-order valence-electron chi connectivity index (χ1n) is 8.65. The van der Waals surface area contributed by atoms with Crippen LogP contribution in [0.15, 0.2) is 24.3 Å². The van der Waals surface area contributed by atoms with E-state index in [4.69, 9.17) is 0 Å². The maximum atomic E-state index is 12.2. The molecule has 1 amide bonds. The van der Waals surface area contributed by atoms with Crippen molar-refractivity contribution in [3.63, 3.8) is 0 Å². The normalized spacial score (nSPS) is 24.3. The molecular formula is C18H23ClF2N2O4. The van der Waals surface area contributed by atoms with Crippen LogP contribution in [0.25, 0.3) is 0 Å². The van der Waals surface area contributed by atoms with E-state index in [1.165, 1.54) is 12.1 Å². The largest absolute Gasteiger partial charge is 0.481 e. The average Bonchev–Trinajstić information content (AvgIpc) is 3.11. The highest BCUT2D eigenvalue weighted by molar-refractivity contribution is 5.85. The minimum Gasteiger partial charge on any atom is -0.481 e. The Kier molecular flexibility index (Phi) is 7.00. The van der Waals surface area contributed by atoms with Gasteiger partial charge in [-0.15, -0.1) is 12.4 Å². The number of halogens is 3. The minimum absolute atomic E-state index is 0. The van der Waals surface area contributed by atoms with E-state index in [-0.39, 0.29) is 43.1 Å². The van der Waals surface area contributed by atoms with E-state index in [1.54, 1.807) is 12.1 Å². The molecule has 9 heteroatoms. The molecule has 1 aliphatic carbocycles. The van der Waals surface area contributed by atoms with Gasteiger partial charge in [0.2, 0.25) is 5.91 Å². The molecule has 1 aromatic carbocycles. The van der Waals surface area contributed by atoms with Crippen molar-refractivity contribution in [3.05, 3.63) is 29.8 Å². The Morgan fingerprint density at radius 2 is 2.04 bits per heavy atom. The molecule has 1 saturated heterocycles. The van der Waals surface area contributed by atoms with Gasteiger partial charge in [-0.2, -0.15) is 8.78 Å². The summed E-state index contributed by atoms with van der Waals surface area (Å²) in [6.45, 7) is -1.37. The molecule has 6 nitrogen and oxygen atoms in total. The van der Waals surface area contributed by atoms with Crippen LogP contribution in [0.3, 0.4) is 0 Å². The number of amides is 1. The first-order valence-corrected chi connectivity index (χ1v) is 8.65. The van der Waals surface area contributed by atoms with E-state index >= 15 is 0 Å². The Hall–Kier alpha value is -1.93. The van der Waals surface area contributed by atoms with Crippen molar-refractivity contribution in [3.8, 4) is 5.75 Å². The van der Waals surface area contributed by atoms with Crippen molar-refractivity contribution in [2.45, 2.75) is 32.4 Å². The summed E-state index contributed by atoms with van der Waals surface area (Å²) < 4.78 is 28.5. The third-order valence-electron chi connectivity index (χ3n) is 5.37. The number of carboxylic acids is 1. The minimum atomic E-state index is -2.87. The van der Waals surface area contributed by atoms with E-state index in [0.717, 1.165) is 18.4 Å². The number of hydrogen-bond acceptors (Lipinski definition) is 4. The highest BCUT2D eigenvalue weighted by atomic mass is 35.5. The quantitative estimate of drug-likeness (QED) is 0.730. The van der Waals surface area contributed by atoms with Crippen molar-refractivity contribution in [1.29, 1.82) is 0 Å². The molecule has 150 valence electrons. The van der Waals surface area contributed by atoms with Gasteiger partial charge in [-0.1, -0.05) is 18.6 Å². The summed E-state index contributed by atoms with van der Waals surface area (Å²) in [5, 5.41) is 12.3. The summed E-state index contributed by atoms with van der Waals surface area (Å²) in [6.07, 6.45) is 2.51. The molecule has 0 unspecified atom stereocenters. The van der Waals surface area contributed by atoms with Gasteiger partial charge in [0.1, 0.15) is 5.75 Å². The van der Waals surface area contributed by atoms with Crippen LogP contribution in [0.1, 0.15) is 24.8 Å². The van der Waals surface area contributed by atoms with Crippen molar-refractivity contribution in [2.24, 2.45) is 11.3 Å². The predicted molar refractivity (Wildman–Crippen MR) is 96.0 cm³/mol. The number of nitrogens with zero attached hydrogens (tertiary/aromatic N) is 1. The van der Waals surface area contributed by atoms with Crippen LogP contribution in [-0.2, 0) is 16.1 Å². The van der Waals surface area contributed by atoms with Gasteiger partial charge in [0, 0.05) is 19.6 Å². The molecule has 0 radical (unpaired) electrons. The van der Waals surface area contributed by atoms with Crippen LogP contribution < -0.4 is 10.1 Å². The monoisotopic (exact) mass is 404 g/mol. The number of fused-ring (bicyclic) bond motifs is 1. The van der Waals surface area contributed by atoms with Crippen LogP contribution in [0.2, 0.25) is 0 Å². The third-order valence-corrected chi connectivity index (χ3v) is 5.37. The molecule has 27 heavy (non-hydrogen) atoms. The lowest BCUT2D eigenvalue weighted by Crippen LogP contribution is -2.39. The SMILES string of the molecule is Cl.O=C(CN1C[C@@H]2CCC[C@@]2(C(=O)O)C1)NCc1ccc(OC(F)F)cc1. The number of aliphatic carboxylic acids is 1. The molecule has 3 rings (SSSR count). The van der Waals surface area contributed by atoms with E-state index in [9.17, 15) is 23.5 Å². The van der Waals surface area contributed by atoms with Gasteiger partial charge in [0.05, 0.1) is 12.0 Å². The van der Waals surface area contributed by atoms with Crippen molar-refractivity contribution >= 4 is 24.3 Å². The fourth-order valence-corrected chi connectivity index (χ4v) is 4.11. The molecule has 0 aromatic heterocycles. The van der Waals surface area contributed by atoms with Crippen molar-refractivity contribution in [2.75, 3.05) is 19.6 Å². The van der Waals surface area contributed by atoms with E-state index in [0.29, 0.717) is 19.5 Å². The van der Waals surface area contributed by atoms with Gasteiger partial charge in [-0.25, -0.2) is 0 Å². The molecule has 2 N–H and O–H groups in total. The van der Waals surface area contributed by atoms with Gasteiger partial charge in [-0.3, -0.25) is 14.5 Å². The average molecular weight is 405 g/mol. The second-order valence-electron chi connectivity index (χ2n) is 7.02. The number of carboxylic acid groups (broad SMARTS) is 1. The smallest absolute Gasteiger partial charge is 0.387 e. The zero-order valence-corrected chi connectivity index (χ0v) is 15.5. The van der Waals surface area contributed by atoms with Gasteiger partial charge in [-0.05, 0) is 36.5 Å². The van der Waals surface area contributed by atoms with Crippen LogP contribution in [-0.4, -0.2) is 48.1 Å². The van der Waals surface area contributed by atoms with Gasteiger partial charge in [0.15, 0.2) is 0 Å². The number of nitrogens with one attached hydrogen (secondary N) is 1. The number of carbonyl (C=O) groups excluding carboxylic acids is 1. The lowest BCUT2D eigenvalue weighted by Gasteiger charge is -2.23. The maximum Gasteiger partial charge on any atom is 0.387 e. The van der Waals surface area contributed by atoms with Gasteiger partial charge >= 0.3 is 12.6 Å². The summed E-state index contributed by atoms with van der Waals surface area (Å²) in [4.78, 5) is 25.7. The summed E-state index contributed by atoms with van der Waals surface area (Å²) in [5.41, 5.74) is 0.0705.